The average molecular weight is 211 g/mol. The minimum atomic E-state index is -0.644. The molecular formula is C10H13NO2S. The van der Waals surface area contributed by atoms with Crippen LogP contribution < -0.4 is 4.90 Å². The lowest BCUT2D eigenvalue weighted by Crippen LogP contribution is -2.36. The first kappa shape index (κ1) is 9.52. The molecule has 1 N–H and O–H groups in total. The summed E-state index contributed by atoms with van der Waals surface area (Å²) in [6.45, 7) is 1.74. The van der Waals surface area contributed by atoms with E-state index in [4.69, 9.17) is 5.11 Å². The Morgan fingerprint density at radius 3 is 2.71 bits per heavy atom. The highest BCUT2D eigenvalue weighted by molar-refractivity contribution is 7.08. The number of piperidine rings is 1. The van der Waals surface area contributed by atoms with Crippen molar-refractivity contribution in [3.05, 3.63) is 16.8 Å². The summed E-state index contributed by atoms with van der Waals surface area (Å²) < 4.78 is 0. The zero-order chi connectivity index (χ0) is 9.97. The fourth-order valence-electron chi connectivity index (χ4n) is 1.82. The summed E-state index contributed by atoms with van der Waals surface area (Å²) in [5.41, 5.74) is 1.24. The van der Waals surface area contributed by atoms with Gasteiger partial charge in [-0.2, -0.15) is 11.3 Å². The number of nitrogens with zero attached hydrogens (tertiary/aromatic N) is 1. The summed E-state index contributed by atoms with van der Waals surface area (Å²) in [6, 6.07) is 2.09. The fourth-order valence-corrected chi connectivity index (χ4v) is 2.49. The molecule has 0 aromatic carbocycles. The first-order chi connectivity index (χ1) is 6.77. The summed E-state index contributed by atoms with van der Waals surface area (Å²) in [7, 11) is 0. The molecule has 0 amide bonds. The normalized spacial score (nSPS) is 18.4. The van der Waals surface area contributed by atoms with Crippen LogP contribution in [0.4, 0.5) is 5.69 Å². The summed E-state index contributed by atoms with van der Waals surface area (Å²) >= 11 is 1.68. The van der Waals surface area contributed by atoms with E-state index in [1.165, 1.54) is 5.69 Å². The minimum Gasteiger partial charge on any atom is -0.481 e. The third-order valence-electron chi connectivity index (χ3n) is 2.72. The number of hydrogen-bond donors (Lipinski definition) is 1. The molecule has 0 aliphatic carbocycles. The first-order valence-electron chi connectivity index (χ1n) is 4.77. The van der Waals surface area contributed by atoms with E-state index in [0.29, 0.717) is 0 Å². The highest BCUT2D eigenvalue weighted by Crippen LogP contribution is 2.24. The van der Waals surface area contributed by atoms with Crippen molar-refractivity contribution in [1.82, 2.24) is 0 Å². The Morgan fingerprint density at radius 1 is 1.50 bits per heavy atom. The van der Waals surface area contributed by atoms with Crippen LogP contribution >= 0.6 is 11.3 Å². The second kappa shape index (κ2) is 4.00. The Kier molecular flexibility index (Phi) is 2.72. The van der Waals surface area contributed by atoms with Gasteiger partial charge in [-0.3, -0.25) is 4.79 Å². The molecule has 4 heteroatoms. The Morgan fingerprint density at radius 2 is 2.21 bits per heavy atom. The van der Waals surface area contributed by atoms with Crippen molar-refractivity contribution in [2.45, 2.75) is 12.8 Å². The highest BCUT2D eigenvalue weighted by Gasteiger charge is 2.24. The number of hydrogen-bond acceptors (Lipinski definition) is 3. The van der Waals surface area contributed by atoms with Gasteiger partial charge in [-0.25, -0.2) is 0 Å². The SMILES string of the molecule is O=C(O)C1CCN(c2ccsc2)CC1. The Hall–Kier alpha value is -1.03. The van der Waals surface area contributed by atoms with Gasteiger partial charge in [0.05, 0.1) is 5.92 Å². The van der Waals surface area contributed by atoms with Crippen LogP contribution in [0.5, 0.6) is 0 Å². The maximum atomic E-state index is 10.7. The number of carbonyl (C=O) groups is 1. The fraction of sp³-hybridized carbons (Fsp3) is 0.500. The van der Waals surface area contributed by atoms with Crippen molar-refractivity contribution in [3.63, 3.8) is 0 Å². The van der Waals surface area contributed by atoms with Crippen molar-refractivity contribution in [2.75, 3.05) is 18.0 Å². The second-order valence-corrected chi connectivity index (χ2v) is 4.36. The Bertz CT molecular complexity index is 302. The molecule has 0 saturated carbocycles. The molecule has 0 bridgehead atoms. The van der Waals surface area contributed by atoms with Gasteiger partial charge < -0.3 is 10.0 Å². The second-order valence-electron chi connectivity index (χ2n) is 3.58. The Balaban J connectivity index is 1.93. The minimum absolute atomic E-state index is 0.134. The van der Waals surface area contributed by atoms with Crippen molar-refractivity contribution < 1.29 is 9.90 Å². The lowest BCUT2D eigenvalue weighted by molar-refractivity contribution is -0.142. The molecule has 1 aromatic heterocycles. The smallest absolute Gasteiger partial charge is 0.306 e. The molecule has 1 saturated heterocycles. The van der Waals surface area contributed by atoms with Gasteiger partial charge in [-0.15, -0.1) is 0 Å². The molecule has 3 nitrogen and oxygen atoms in total. The average Bonchev–Trinajstić information content (AvgIpc) is 2.71. The molecule has 76 valence electrons. The number of rotatable bonds is 2. The number of thiophene rings is 1. The van der Waals surface area contributed by atoms with Gasteiger partial charge in [0.1, 0.15) is 0 Å². The predicted molar refractivity (Wildman–Crippen MR) is 56.9 cm³/mol. The third kappa shape index (κ3) is 1.90. The van der Waals surface area contributed by atoms with Gasteiger partial charge in [0.15, 0.2) is 0 Å². The molecule has 14 heavy (non-hydrogen) atoms. The van der Waals surface area contributed by atoms with Gasteiger partial charge in [-0.05, 0) is 24.3 Å². The van der Waals surface area contributed by atoms with E-state index in [1.54, 1.807) is 11.3 Å². The molecule has 0 spiro atoms. The molecule has 1 aliphatic rings. The van der Waals surface area contributed by atoms with Crippen LogP contribution in [-0.2, 0) is 4.79 Å². The monoisotopic (exact) mass is 211 g/mol. The van der Waals surface area contributed by atoms with Gasteiger partial charge in [0.2, 0.25) is 0 Å². The molecule has 1 aromatic rings. The van der Waals surface area contributed by atoms with Crippen molar-refractivity contribution in [2.24, 2.45) is 5.92 Å². The molecule has 1 fully saturated rings. The van der Waals surface area contributed by atoms with E-state index in [1.807, 2.05) is 0 Å². The van der Waals surface area contributed by atoms with Crippen LogP contribution in [0.25, 0.3) is 0 Å². The van der Waals surface area contributed by atoms with Crippen molar-refractivity contribution >= 4 is 23.0 Å². The summed E-state index contributed by atoms with van der Waals surface area (Å²) in [4.78, 5) is 13.0. The zero-order valence-electron chi connectivity index (χ0n) is 7.85. The topological polar surface area (TPSA) is 40.5 Å². The number of carboxylic acids is 1. The van der Waals surface area contributed by atoms with Gasteiger partial charge in [-0.1, -0.05) is 0 Å². The number of aliphatic carboxylic acids is 1. The standard InChI is InChI=1S/C10H13NO2S/c12-10(13)8-1-4-11(5-2-8)9-3-6-14-7-9/h3,6-8H,1-2,4-5H2,(H,12,13). The molecule has 0 atom stereocenters. The molecule has 0 unspecified atom stereocenters. The van der Waals surface area contributed by atoms with E-state index in [-0.39, 0.29) is 5.92 Å². The predicted octanol–water partition coefficient (Wildman–Crippen LogP) is 2.05. The van der Waals surface area contributed by atoms with Crippen LogP contribution in [0.3, 0.4) is 0 Å². The molecule has 2 rings (SSSR count). The number of carboxylic acid groups (broad SMARTS) is 1. The van der Waals surface area contributed by atoms with Crippen molar-refractivity contribution in [3.8, 4) is 0 Å². The molecule has 0 radical (unpaired) electrons. The lowest BCUT2D eigenvalue weighted by atomic mass is 9.97. The van der Waals surface area contributed by atoms with Crippen LogP contribution in [0, 0.1) is 5.92 Å². The van der Waals surface area contributed by atoms with Crippen LogP contribution in [0.15, 0.2) is 16.8 Å². The third-order valence-corrected chi connectivity index (χ3v) is 3.39. The lowest BCUT2D eigenvalue weighted by Gasteiger charge is -2.30. The Labute approximate surface area is 87.0 Å². The van der Waals surface area contributed by atoms with E-state index >= 15 is 0 Å². The zero-order valence-corrected chi connectivity index (χ0v) is 8.67. The first-order valence-corrected chi connectivity index (χ1v) is 5.71. The summed E-state index contributed by atoms with van der Waals surface area (Å²) in [5.74, 6) is -0.778. The van der Waals surface area contributed by atoms with Crippen LogP contribution in [-0.4, -0.2) is 24.2 Å². The number of anilines is 1. The molecule has 1 aliphatic heterocycles. The van der Waals surface area contributed by atoms with Crippen molar-refractivity contribution in [1.29, 1.82) is 0 Å². The van der Waals surface area contributed by atoms with Crippen LogP contribution in [0.1, 0.15) is 12.8 Å². The largest absolute Gasteiger partial charge is 0.481 e. The maximum absolute atomic E-state index is 10.7. The van der Waals surface area contributed by atoms with Gasteiger partial charge in [0.25, 0.3) is 0 Å². The van der Waals surface area contributed by atoms with E-state index in [2.05, 4.69) is 21.7 Å². The van der Waals surface area contributed by atoms with Gasteiger partial charge >= 0.3 is 5.97 Å². The van der Waals surface area contributed by atoms with Gasteiger partial charge in [0, 0.05) is 24.2 Å². The highest BCUT2D eigenvalue weighted by atomic mass is 32.1. The molecule has 2 heterocycles. The van der Waals surface area contributed by atoms with E-state index in [0.717, 1.165) is 25.9 Å². The van der Waals surface area contributed by atoms with E-state index < -0.39 is 5.97 Å². The van der Waals surface area contributed by atoms with E-state index in [9.17, 15) is 4.79 Å². The summed E-state index contributed by atoms with van der Waals surface area (Å²) in [6.07, 6.45) is 1.54. The molecular weight excluding hydrogens is 198 g/mol. The summed E-state index contributed by atoms with van der Waals surface area (Å²) in [5, 5.41) is 13.0. The quantitative estimate of drug-likeness (QED) is 0.814. The van der Waals surface area contributed by atoms with Crippen LogP contribution in [0.2, 0.25) is 0 Å². The maximum Gasteiger partial charge on any atom is 0.306 e.